The molecule has 2 heterocycles. The maximum atomic E-state index is 12.0. The summed E-state index contributed by atoms with van der Waals surface area (Å²) in [5.74, 6) is 0. The zero-order chi connectivity index (χ0) is 23.8. The van der Waals surface area contributed by atoms with Gasteiger partial charge in [-0.2, -0.15) is 5.26 Å². The fourth-order valence-corrected chi connectivity index (χ4v) is 5.40. The summed E-state index contributed by atoms with van der Waals surface area (Å²) in [6.45, 7) is 4.62. The lowest BCUT2D eigenvalue weighted by molar-refractivity contribution is -0.0331. The van der Waals surface area contributed by atoms with Crippen molar-refractivity contribution in [2.75, 3.05) is 25.6 Å². The fraction of sp³-hybridized carbons (Fsp3) is 0.440. The monoisotopic (exact) mass is 449 g/mol. The van der Waals surface area contributed by atoms with Gasteiger partial charge in [0.15, 0.2) is 6.35 Å². The number of carbonyl (C=O) groups is 1. The summed E-state index contributed by atoms with van der Waals surface area (Å²) in [6, 6.07) is 15.4. The molecule has 2 aliphatic heterocycles. The van der Waals surface area contributed by atoms with Crippen LogP contribution >= 0.6 is 0 Å². The van der Waals surface area contributed by atoms with Crippen LogP contribution in [0.4, 0.5) is 10.5 Å². The first-order valence-electron chi connectivity index (χ1n) is 11.1. The number of aryl methyl sites for hydroxylation is 2. The number of aliphatic hydroxyl groups excluding tert-OH is 1. The Kier molecular flexibility index (Phi) is 6.30. The summed E-state index contributed by atoms with van der Waals surface area (Å²) in [5.41, 5.74) is 4.04. The molecule has 0 aliphatic carbocycles. The Bertz CT molecular complexity index is 1050. The third-order valence-corrected chi connectivity index (χ3v) is 6.71. The van der Waals surface area contributed by atoms with E-state index in [1.165, 1.54) is 0 Å². The number of hydrogen-bond acceptors (Lipinski definition) is 6. The molecule has 2 saturated heterocycles. The van der Waals surface area contributed by atoms with Crippen LogP contribution in [0.15, 0.2) is 42.5 Å². The smallest absolute Gasteiger partial charge is 0.314 e. The van der Waals surface area contributed by atoms with Gasteiger partial charge < -0.3 is 25.4 Å². The van der Waals surface area contributed by atoms with E-state index in [0.717, 1.165) is 22.4 Å². The minimum atomic E-state index is -0.865. The first kappa shape index (κ1) is 23.1. The summed E-state index contributed by atoms with van der Waals surface area (Å²) in [7, 11) is 3.23. The first-order valence-corrected chi connectivity index (χ1v) is 11.1. The molecule has 0 spiro atoms. The summed E-state index contributed by atoms with van der Waals surface area (Å²) < 4.78 is 5.94. The molecular weight excluding hydrogens is 418 g/mol. The van der Waals surface area contributed by atoms with Crippen LogP contribution < -0.4 is 15.5 Å². The molecule has 4 rings (SSSR count). The van der Waals surface area contributed by atoms with Crippen molar-refractivity contribution in [1.82, 2.24) is 15.5 Å². The van der Waals surface area contributed by atoms with E-state index in [-0.39, 0.29) is 12.1 Å². The highest BCUT2D eigenvalue weighted by molar-refractivity contribution is 5.74. The molecule has 2 aromatic rings. The number of hydrogen-bond donors (Lipinski definition) is 3. The van der Waals surface area contributed by atoms with Crippen molar-refractivity contribution in [2.24, 2.45) is 0 Å². The SMILES string of the molecule is CNC(=O)NC1CN2C(OC)N(c3cc(C)cc(C)c3)C(O)C2(Cc2ccc(C#N)cc2)C1. The van der Waals surface area contributed by atoms with Crippen molar-refractivity contribution < 1.29 is 14.6 Å². The molecule has 0 saturated carbocycles. The van der Waals surface area contributed by atoms with Gasteiger partial charge in [-0.05, 0) is 67.6 Å². The molecule has 3 N–H and O–H groups in total. The molecule has 33 heavy (non-hydrogen) atoms. The number of aliphatic hydroxyl groups is 1. The number of anilines is 1. The molecule has 0 aromatic heterocycles. The third-order valence-electron chi connectivity index (χ3n) is 6.71. The number of amides is 2. The lowest BCUT2D eigenvalue weighted by atomic mass is 9.86. The van der Waals surface area contributed by atoms with Crippen molar-refractivity contribution in [3.8, 4) is 6.07 Å². The lowest BCUT2D eigenvalue weighted by Gasteiger charge is -2.35. The van der Waals surface area contributed by atoms with E-state index in [2.05, 4.69) is 39.8 Å². The fourth-order valence-electron chi connectivity index (χ4n) is 5.40. The molecular formula is C25H31N5O3. The minimum absolute atomic E-state index is 0.142. The van der Waals surface area contributed by atoms with Crippen LogP contribution in [-0.2, 0) is 11.2 Å². The molecule has 0 radical (unpaired) electrons. The van der Waals surface area contributed by atoms with Crippen LogP contribution in [0.1, 0.15) is 28.7 Å². The van der Waals surface area contributed by atoms with E-state index in [4.69, 9.17) is 10.00 Å². The van der Waals surface area contributed by atoms with Gasteiger partial charge in [0.05, 0.1) is 17.2 Å². The Labute approximate surface area is 194 Å². The molecule has 8 nitrogen and oxygen atoms in total. The molecule has 4 atom stereocenters. The van der Waals surface area contributed by atoms with E-state index in [1.54, 1.807) is 26.3 Å². The van der Waals surface area contributed by atoms with Gasteiger partial charge in [-0.15, -0.1) is 0 Å². The van der Waals surface area contributed by atoms with E-state index in [9.17, 15) is 9.90 Å². The third kappa shape index (κ3) is 4.15. The van der Waals surface area contributed by atoms with Crippen molar-refractivity contribution in [3.05, 3.63) is 64.7 Å². The van der Waals surface area contributed by atoms with E-state index < -0.39 is 18.1 Å². The summed E-state index contributed by atoms with van der Waals surface area (Å²) in [5, 5.41) is 26.6. The highest BCUT2D eigenvalue weighted by Gasteiger charge is 2.62. The number of carbonyl (C=O) groups excluding carboxylic acids is 1. The molecule has 2 aromatic carbocycles. The number of nitrogens with zero attached hydrogens (tertiary/aromatic N) is 3. The number of fused-ring (bicyclic) bond motifs is 1. The number of rotatable bonds is 5. The molecule has 2 aliphatic rings. The van der Waals surface area contributed by atoms with Gasteiger partial charge >= 0.3 is 6.03 Å². The van der Waals surface area contributed by atoms with Crippen LogP contribution in [0.25, 0.3) is 0 Å². The second-order valence-corrected chi connectivity index (χ2v) is 9.05. The Balaban J connectivity index is 1.74. The lowest BCUT2D eigenvalue weighted by Crippen LogP contribution is -2.50. The maximum Gasteiger partial charge on any atom is 0.314 e. The first-order chi connectivity index (χ1) is 15.8. The van der Waals surface area contributed by atoms with E-state index in [1.807, 2.05) is 30.9 Å². The number of ether oxygens (including phenoxy) is 1. The quantitative estimate of drug-likeness (QED) is 0.647. The Morgan fingerprint density at radius 1 is 1.24 bits per heavy atom. The Morgan fingerprint density at radius 3 is 2.48 bits per heavy atom. The average Bonchev–Trinajstić information content (AvgIpc) is 3.24. The minimum Gasteiger partial charge on any atom is -0.371 e. The average molecular weight is 450 g/mol. The number of nitrogens with one attached hydrogen (secondary N) is 2. The Morgan fingerprint density at radius 2 is 1.91 bits per heavy atom. The van der Waals surface area contributed by atoms with Gasteiger partial charge in [0.25, 0.3) is 0 Å². The van der Waals surface area contributed by atoms with Crippen molar-refractivity contribution in [3.63, 3.8) is 0 Å². The second kappa shape index (κ2) is 9.02. The van der Waals surface area contributed by atoms with Gasteiger partial charge in [-0.25, -0.2) is 9.69 Å². The highest BCUT2D eigenvalue weighted by atomic mass is 16.5. The van der Waals surface area contributed by atoms with Gasteiger partial charge in [0.1, 0.15) is 6.23 Å². The highest BCUT2D eigenvalue weighted by Crippen LogP contribution is 2.47. The van der Waals surface area contributed by atoms with Crippen LogP contribution in [0, 0.1) is 25.2 Å². The van der Waals surface area contributed by atoms with Gasteiger partial charge in [-0.3, -0.25) is 0 Å². The van der Waals surface area contributed by atoms with E-state index in [0.29, 0.717) is 24.9 Å². The molecule has 2 amide bonds. The zero-order valence-electron chi connectivity index (χ0n) is 19.5. The van der Waals surface area contributed by atoms with Crippen LogP contribution in [0.3, 0.4) is 0 Å². The molecule has 174 valence electrons. The molecule has 8 heteroatoms. The number of urea groups is 1. The topological polar surface area (TPSA) is 101 Å². The zero-order valence-corrected chi connectivity index (χ0v) is 19.5. The summed E-state index contributed by atoms with van der Waals surface area (Å²) >= 11 is 0. The summed E-state index contributed by atoms with van der Waals surface area (Å²) in [4.78, 5) is 16.1. The predicted octanol–water partition coefficient (Wildman–Crippen LogP) is 2.23. The van der Waals surface area contributed by atoms with Crippen LogP contribution in [0.5, 0.6) is 0 Å². The number of methoxy groups -OCH3 is 1. The van der Waals surface area contributed by atoms with Crippen molar-refractivity contribution >= 4 is 11.7 Å². The molecule has 2 fully saturated rings. The molecule has 4 unspecified atom stereocenters. The maximum absolute atomic E-state index is 12.0. The van der Waals surface area contributed by atoms with Gasteiger partial charge in [0.2, 0.25) is 0 Å². The summed E-state index contributed by atoms with van der Waals surface area (Å²) in [6.07, 6.45) is -0.248. The largest absolute Gasteiger partial charge is 0.371 e. The van der Waals surface area contributed by atoms with Gasteiger partial charge in [-0.1, -0.05) is 18.2 Å². The normalized spacial score (nSPS) is 26.7. The second-order valence-electron chi connectivity index (χ2n) is 9.05. The van der Waals surface area contributed by atoms with Crippen molar-refractivity contribution in [2.45, 2.75) is 50.8 Å². The predicted molar refractivity (Wildman–Crippen MR) is 125 cm³/mol. The Hall–Kier alpha value is -3.12. The van der Waals surface area contributed by atoms with E-state index >= 15 is 0 Å². The number of nitriles is 1. The molecule has 0 bridgehead atoms. The van der Waals surface area contributed by atoms with Crippen LogP contribution in [0.2, 0.25) is 0 Å². The van der Waals surface area contributed by atoms with Gasteiger partial charge in [0, 0.05) is 32.4 Å². The van der Waals surface area contributed by atoms with Crippen molar-refractivity contribution in [1.29, 1.82) is 5.26 Å². The number of benzene rings is 2. The van der Waals surface area contributed by atoms with Crippen LogP contribution in [-0.4, -0.2) is 60.9 Å². The standard InChI is InChI=1S/C25H31N5O3/c1-16-9-17(2)11-21(10-16)30-22(31)25(12-18-5-7-19(14-26)8-6-18)13-20(28-23(32)27-3)15-29(25)24(30)33-4/h5-11,20,22,24,31H,12-13,15H2,1-4H3,(H2,27,28,32).